The van der Waals surface area contributed by atoms with Crippen LogP contribution < -0.4 is 17.0 Å². The van der Waals surface area contributed by atoms with E-state index in [0.29, 0.717) is 18.4 Å². The fourth-order valence-electron chi connectivity index (χ4n) is 4.25. The van der Waals surface area contributed by atoms with E-state index in [4.69, 9.17) is 4.42 Å². The van der Waals surface area contributed by atoms with Gasteiger partial charge in [0.15, 0.2) is 5.58 Å². The molecule has 0 bridgehead atoms. The molecule has 0 spiro atoms. The van der Waals surface area contributed by atoms with E-state index >= 15 is 0 Å². The van der Waals surface area contributed by atoms with Crippen molar-refractivity contribution in [3.8, 4) is 5.69 Å². The Balaban J connectivity index is 1.78. The Morgan fingerprint density at radius 2 is 1.90 bits per heavy atom. The van der Waals surface area contributed by atoms with Crippen LogP contribution in [0.1, 0.15) is 33.9 Å². The SMILES string of the molecule is Cn1c(=O)oc2cc(-n3cc(C(=O)O)c(=O)n([C@@H]4CCc5ccccc54)c3=O)ccc21. The normalized spacial score (nSPS) is 15.3. The average molecular weight is 419 g/mol. The number of carboxylic acid groups (broad SMARTS) is 1. The predicted octanol–water partition coefficient (Wildman–Crippen LogP) is 1.68. The number of aryl methyl sites for hydroxylation is 2. The lowest BCUT2D eigenvalue weighted by molar-refractivity contribution is 0.0693. The van der Waals surface area contributed by atoms with Gasteiger partial charge in [-0.15, -0.1) is 0 Å². The van der Waals surface area contributed by atoms with E-state index < -0.39 is 34.6 Å². The second kappa shape index (κ2) is 6.69. The number of hydrogen-bond donors (Lipinski definition) is 1. The van der Waals surface area contributed by atoms with Crippen molar-refractivity contribution in [3.63, 3.8) is 0 Å². The molecule has 156 valence electrons. The molecule has 2 aromatic heterocycles. The van der Waals surface area contributed by atoms with Gasteiger partial charge >= 0.3 is 17.4 Å². The van der Waals surface area contributed by atoms with Gasteiger partial charge in [0, 0.05) is 19.3 Å². The summed E-state index contributed by atoms with van der Waals surface area (Å²) < 4.78 is 8.63. The summed E-state index contributed by atoms with van der Waals surface area (Å²) in [6.07, 6.45) is 2.22. The van der Waals surface area contributed by atoms with Crippen LogP contribution in [-0.4, -0.2) is 24.8 Å². The highest BCUT2D eigenvalue weighted by atomic mass is 16.4. The number of hydrogen-bond acceptors (Lipinski definition) is 5. The second-order valence-electron chi connectivity index (χ2n) is 7.51. The highest BCUT2D eigenvalue weighted by Gasteiger charge is 2.29. The van der Waals surface area contributed by atoms with Crippen LogP contribution in [0.4, 0.5) is 0 Å². The van der Waals surface area contributed by atoms with Crippen LogP contribution in [0.15, 0.2) is 67.5 Å². The number of rotatable bonds is 3. The van der Waals surface area contributed by atoms with E-state index in [2.05, 4.69) is 0 Å². The fourth-order valence-corrected chi connectivity index (χ4v) is 4.25. The first-order valence-electron chi connectivity index (χ1n) is 9.66. The summed E-state index contributed by atoms with van der Waals surface area (Å²) in [5.41, 5.74) is 0.903. The second-order valence-corrected chi connectivity index (χ2v) is 7.51. The van der Waals surface area contributed by atoms with E-state index in [1.807, 2.05) is 24.3 Å². The number of carboxylic acids is 1. The lowest BCUT2D eigenvalue weighted by Gasteiger charge is -2.18. The Labute approximate surface area is 174 Å². The van der Waals surface area contributed by atoms with Crippen molar-refractivity contribution in [1.82, 2.24) is 13.7 Å². The number of aromatic carboxylic acids is 1. The molecule has 0 radical (unpaired) electrons. The van der Waals surface area contributed by atoms with Crippen molar-refractivity contribution in [2.24, 2.45) is 7.05 Å². The van der Waals surface area contributed by atoms with Gasteiger partial charge in [0.25, 0.3) is 5.56 Å². The zero-order chi connectivity index (χ0) is 21.9. The molecule has 4 aromatic rings. The number of benzene rings is 2. The molecular weight excluding hydrogens is 402 g/mol. The molecular formula is C22H17N3O6. The third-order valence-electron chi connectivity index (χ3n) is 5.82. The third kappa shape index (κ3) is 2.77. The molecule has 0 aliphatic heterocycles. The van der Waals surface area contributed by atoms with Crippen molar-refractivity contribution in [2.45, 2.75) is 18.9 Å². The minimum Gasteiger partial charge on any atom is -0.477 e. The molecule has 0 saturated carbocycles. The summed E-state index contributed by atoms with van der Waals surface area (Å²) >= 11 is 0. The summed E-state index contributed by atoms with van der Waals surface area (Å²) in [7, 11) is 1.56. The Kier molecular flexibility index (Phi) is 4.07. The smallest absolute Gasteiger partial charge is 0.419 e. The molecule has 0 saturated heterocycles. The van der Waals surface area contributed by atoms with Crippen molar-refractivity contribution in [3.05, 3.63) is 96.7 Å². The van der Waals surface area contributed by atoms with Gasteiger partial charge in [-0.3, -0.25) is 18.5 Å². The van der Waals surface area contributed by atoms with Gasteiger partial charge in [-0.1, -0.05) is 24.3 Å². The van der Waals surface area contributed by atoms with Gasteiger partial charge in [0.05, 0.1) is 17.2 Å². The molecule has 1 aliphatic rings. The van der Waals surface area contributed by atoms with Gasteiger partial charge < -0.3 is 9.52 Å². The highest BCUT2D eigenvalue weighted by molar-refractivity contribution is 5.87. The Bertz CT molecular complexity index is 1550. The van der Waals surface area contributed by atoms with Crippen LogP contribution in [0.3, 0.4) is 0 Å². The van der Waals surface area contributed by atoms with Crippen molar-refractivity contribution >= 4 is 17.1 Å². The molecule has 1 N–H and O–H groups in total. The number of fused-ring (bicyclic) bond motifs is 2. The van der Waals surface area contributed by atoms with Crippen LogP contribution in [0.2, 0.25) is 0 Å². The lowest BCUT2D eigenvalue weighted by Crippen LogP contribution is -2.43. The number of oxazole rings is 1. The predicted molar refractivity (Wildman–Crippen MR) is 111 cm³/mol. The van der Waals surface area contributed by atoms with Crippen LogP contribution >= 0.6 is 0 Å². The zero-order valence-corrected chi connectivity index (χ0v) is 16.4. The van der Waals surface area contributed by atoms with E-state index in [9.17, 15) is 24.3 Å². The van der Waals surface area contributed by atoms with Crippen molar-refractivity contribution in [1.29, 1.82) is 0 Å². The Morgan fingerprint density at radius 3 is 2.68 bits per heavy atom. The number of nitrogens with zero attached hydrogens (tertiary/aromatic N) is 3. The van der Waals surface area contributed by atoms with Gasteiger partial charge in [0.1, 0.15) is 5.56 Å². The minimum absolute atomic E-state index is 0.248. The summed E-state index contributed by atoms with van der Waals surface area (Å²) in [6.45, 7) is 0. The van der Waals surface area contributed by atoms with E-state index in [-0.39, 0.29) is 11.3 Å². The topological polar surface area (TPSA) is 116 Å². The molecule has 2 aromatic carbocycles. The summed E-state index contributed by atoms with van der Waals surface area (Å²) in [4.78, 5) is 50.0. The molecule has 0 unspecified atom stereocenters. The molecule has 5 rings (SSSR count). The maximum Gasteiger partial charge on any atom is 0.419 e. The first kappa shape index (κ1) is 18.9. The first-order valence-corrected chi connectivity index (χ1v) is 9.66. The maximum atomic E-state index is 13.4. The molecule has 0 amide bonds. The van der Waals surface area contributed by atoms with E-state index in [1.165, 1.54) is 10.6 Å². The van der Waals surface area contributed by atoms with Crippen molar-refractivity contribution < 1.29 is 14.3 Å². The molecule has 1 atom stereocenters. The van der Waals surface area contributed by atoms with E-state index in [1.54, 1.807) is 19.2 Å². The molecule has 31 heavy (non-hydrogen) atoms. The standard InChI is InChI=1S/C22H17N3O6/c1-23-17-9-7-13(10-18(17)31-22(23)30)24-11-15(20(27)28)19(26)25(21(24)29)16-8-6-12-4-2-3-5-14(12)16/h2-5,7,9-11,16H,6,8H2,1H3,(H,27,28)/t16-/m1/s1. The van der Waals surface area contributed by atoms with Crippen molar-refractivity contribution in [2.75, 3.05) is 0 Å². The molecule has 9 nitrogen and oxygen atoms in total. The largest absolute Gasteiger partial charge is 0.477 e. The number of carbonyl (C=O) groups is 1. The zero-order valence-electron chi connectivity index (χ0n) is 16.4. The van der Waals surface area contributed by atoms with Gasteiger partial charge in [-0.05, 0) is 36.1 Å². The Hall–Kier alpha value is -4.14. The summed E-state index contributed by atoms with van der Waals surface area (Å²) in [5, 5.41) is 9.61. The summed E-state index contributed by atoms with van der Waals surface area (Å²) in [5.74, 6) is -1.98. The molecule has 2 heterocycles. The first-order chi connectivity index (χ1) is 14.9. The summed E-state index contributed by atoms with van der Waals surface area (Å²) in [6, 6.07) is 11.6. The van der Waals surface area contributed by atoms with Gasteiger partial charge in [-0.25, -0.2) is 14.4 Å². The number of aromatic nitrogens is 3. The van der Waals surface area contributed by atoms with Crippen LogP contribution in [0.25, 0.3) is 16.8 Å². The van der Waals surface area contributed by atoms with E-state index in [0.717, 1.165) is 26.5 Å². The quantitative estimate of drug-likeness (QED) is 0.540. The molecule has 0 fully saturated rings. The minimum atomic E-state index is -1.42. The Morgan fingerprint density at radius 1 is 1.13 bits per heavy atom. The average Bonchev–Trinajstić information content (AvgIpc) is 3.29. The van der Waals surface area contributed by atoms with Gasteiger partial charge in [-0.2, -0.15) is 0 Å². The maximum absolute atomic E-state index is 13.4. The monoisotopic (exact) mass is 419 g/mol. The van der Waals surface area contributed by atoms with Crippen LogP contribution in [0, 0.1) is 0 Å². The van der Waals surface area contributed by atoms with Gasteiger partial charge in [0.2, 0.25) is 0 Å². The molecule has 9 heteroatoms. The molecule has 1 aliphatic carbocycles. The van der Waals surface area contributed by atoms with Crippen LogP contribution in [0.5, 0.6) is 0 Å². The lowest BCUT2D eigenvalue weighted by atomic mass is 10.1. The fraction of sp³-hybridized carbons (Fsp3) is 0.182. The highest BCUT2D eigenvalue weighted by Crippen LogP contribution is 2.32. The van der Waals surface area contributed by atoms with Crippen LogP contribution in [-0.2, 0) is 13.5 Å². The third-order valence-corrected chi connectivity index (χ3v) is 5.82.